The van der Waals surface area contributed by atoms with Gasteiger partial charge in [0.25, 0.3) is 5.91 Å². The lowest BCUT2D eigenvalue weighted by molar-refractivity contribution is -0.135. The smallest absolute Gasteiger partial charge is 0.408 e. The molecule has 3 rings (SSSR count). The van der Waals surface area contributed by atoms with Gasteiger partial charge < -0.3 is 20.4 Å². The minimum Gasteiger partial charge on any atom is -0.445 e. The Hall–Kier alpha value is -3.85. The van der Waals surface area contributed by atoms with Crippen LogP contribution in [0.3, 0.4) is 0 Å². The Bertz CT molecular complexity index is 1100. The number of carbonyl (C=O) groups is 3. The number of aromatic nitrogens is 1. The number of hydroxylamine groups is 1. The second-order valence-electron chi connectivity index (χ2n) is 8.03. The van der Waals surface area contributed by atoms with E-state index in [1.54, 1.807) is 25.5 Å². The highest BCUT2D eigenvalue weighted by molar-refractivity contribution is 5.92. The van der Waals surface area contributed by atoms with Crippen molar-refractivity contribution in [2.45, 2.75) is 39.0 Å². The molecule has 2 atom stereocenters. The first-order valence-electron chi connectivity index (χ1n) is 10.7. The Morgan fingerprint density at radius 2 is 1.67 bits per heavy atom. The fourth-order valence-corrected chi connectivity index (χ4v) is 3.50. The van der Waals surface area contributed by atoms with E-state index in [1.165, 1.54) is 0 Å². The van der Waals surface area contributed by atoms with Crippen molar-refractivity contribution in [3.05, 3.63) is 71.9 Å². The van der Waals surface area contributed by atoms with Gasteiger partial charge in [0.05, 0.1) is 0 Å². The number of carbonyl (C=O) groups excluding carboxylic acids is 3. The molecule has 0 saturated carbocycles. The van der Waals surface area contributed by atoms with Gasteiger partial charge in [-0.1, -0.05) is 62.4 Å². The number of rotatable bonds is 9. The zero-order valence-electron chi connectivity index (χ0n) is 18.5. The molecule has 1 heterocycles. The molecular weight excluding hydrogens is 424 g/mol. The summed E-state index contributed by atoms with van der Waals surface area (Å²) in [5.41, 5.74) is 4.11. The minimum absolute atomic E-state index is 0.0647. The first kappa shape index (κ1) is 23.8. The number of H-pyrrole nitrogens is 1. The van der Waals surface area contributed by atoms with Gasteiger partial charge in [-0.3, -0.25) is 14.8 Å². The second-order valence-corrected chi connectivity index (χ2v) is 8.03. The van der Waals surface area contributed by atoms with Crippen molar-refractivity contribution < 1.29 is 24.3 Å². The Labute approximate surface area is 191 Å². The van der Waals surface area contributed by atoms with E-state index in [0.717, 1.165) is 22.0 Å². The van der Waals surface area contributed by atoms with Crippen LogP contribution in [0.2, 0.25) is 0 Å². The summed E-state index contributed by atoms with van der Waals surface area (Å²) in [4.78, 5) is 40.6. The fourth-order valence-electron chi connectivity index (χ4n) is 3.50. The third-order valence-corrected chi connectivity index (χ3v) is 5.28. The molecule has 0 fully saturated rings. The van der Waals surface area contributed by atoms with Crippen LogP contribution in [-0.2, 0) is 27.4 Å². The van der Waals surface area contributed by atoms with E-state index in [4.69, 9.17) is 4.74 Å². The first-order valence-corrected chi connectivity index (χ1v) is 10.7. The van der Waals surface area contributed by atoms with Crippen molar-refractivity contribution in [3.63, 3.8) is 0 Å². The van der Waals surface area contributed by atoms with Crippen LogP contribution >= 0.6 is 0 Å². The van der Waals surface area contributed by atoms with Gasteiger partial charge in [-0.05, 0) is 23.1 Å². The highest BCUT2D eigenvalue weighted by Gasteiger charge is 2.29. The number of ether oxygens (including phenoxy) is 1. The van der Waals surface area contributed by atoms with Crippen LogP contribution in [0.4, 0.5) is 4.79 Å². The average Bonchev–Trinajstić information content (AvgIpc) is 3.23. The number of amides is 3. The topological polar surface area (TPSA) is 133 Å². The van der Waals surface area contributed by atoms with Crippen LogP contribution in [-0.4, -0.2) is 40.2 Å². The summed E-state index contributed by atoms with van der Waals surface area (Å²) < 4.78 is 5.21. The average molecular weight is 453 g/mol. The maximum atomic E-state index is 13.0. The summed E-state index contributed by atoms with van der Waals surface area (Å²) in [7, 11) is 0. The molecule has 3 amide bonds. The van der Waals surface area contributed by atoms with Crippen LogP contribution < -0.4 is 16.1 Å². The number of fused-ring (bicyclic) bond motifs is 1. The Balaban J connectivity index is 1.66. The predicted molar refractivity (Wildman–Crippen MR) is 122 cm³/mol. The van der Waals surface area contributed by atoms with Crippen LogP contribution in [0, 0.1) is 5.92 Å². The van der Waals surface area contributed by atoms with Crippen molar-refractivity contribution in [1.82, 2.24) is 21.1 Å². The van der Waals surface area contributed by atoms with Gasteiger partial charge in [0, 0.05) is 23.5 Å². The molecule has 0 spiro atoms. The standard InChI is InChI=1S/C24H28N4O5/c1-15(2)21(27-24(31)33-14-16-8-4-3-5-9-16)23(30)26-20(22(29)28-32)12-17-13-25-19-11-7-6-10-18(17)19/h3-11,13,15,20-21,25,32H,12,14H2,1-2H3,(H,26,30)(H,27,31)(H,28,29)/t20-,21-/m0/s1. The van der Waals surface area contributed by atoms with Crippen molar-refractivity contribution in [1.29, 1.82) is 0 Å². The molecular formula is C24H28N4O5. The molecule has 33 heavy (non-hydrogen) atoms. The Kier molecular flexibility index (Phi) is 8.04. The van der Waals surface area contributed by atoms with Crippen molar-refractivity contribution in [2.24, 2.45) is 5.92 Å². The molecule has 9 heteroatoms. The van der Waals surface area contributed by atoms with Gasteiger partial charge in [-0.15, -0.1) is 0 Å². The van der Waals surface area contributed by atoms with Crippen molar-refractivity contribution in [2.75, 3.05) is 0 Å². The highest BCUT2D eigenvalue weighted by Crippen LogP contribution is 2.19. The zero-order chi connectivity index (χ0) is 23.8. The van der Waals surface area contributed by atoms with Crippen LogP contribution in [0.15, 0.2) is 60.8 Å². The maximum absolute atomic E-state index is 13.0. The molecule has 5 N–H and O–H groups in total. The van der Waals surface area contributed by atoms with E-state index in [2.05, 4.69) is 15.6 Å². The van der Waals surface area contributed by atoms with Gasteiger partial charge in [-0.25, -0.2) is 10.3 Å². The van der Waals surface area contributed by atoms with Gasteiger partial charge in [0.2, 0.25) is 5.91 Å². The first-order chi connectivity index (χ1) is 15.9. The highest BCUT2D eigenvalue weighted by atomic mass is 16.5. The number of aromatic amines is 1. The number of alkyl carbamates (subject to hydrolysis) is 1. The molecule has 0 aliphatic carbocycles. The molecule has 0 aliphatic heterocycles. The second kappa shape index (κ2) is 11.1. The summed E-state index contributed by atoms with van der Waals surface area (Å²) in [5, 5.41) is 15.3. The molecule has 1 aromatic heterocycles. The molecule has 3 aromatic rings. The lowest BCUT2D eigenvalue weighted by Crippen LogP contribution is -2.55. The maximum Gasteiger partial charge on any atom is 0.408 e. The largest absolute Gasteiger partial charge is 0.445 e. The lowest BCUT2D eigenvalue weighted by atomic mass is 10.0. The summed E-state index contributed by atoms with van der Waals surface area (Å²) >= 11 is 0. The number of hydrogen-bond donors (Lipinski definition) is 5. The van der Waals surface area contributed by atoms with Gasteiger partial charge in [0.1, 0.15) is 18.7 Å². The van der Waals surface area contributed by atoms with Crippen LogP contribution in [0.1, 0.15) is 25.0 Å². The molecule has 0 saturated heterocycles. The third-order valence-electron chi connectivity index (χ3n) is 5.28. The van der Waals surface area contributed by atoms with E-state index in [-0.39, 0.29) is 18.9 Å². The van der Waals surface area contributed by atoms with E-state index in [0.29, 0.717) is 0 Å². The van der Waals surface area contributed by atoms with Crippen LogP contribution in [0.5, 0.6) is 0 Å². The van der Waals surface area contributed by atoms with E-state index >= 15 is 0 Å². The van der Waals surface area contributed by atoms with Crippen LogP contribution in [0.25, 0.3) is 10.9 Å². The lowest BCUT2D eigenvalue weighted by Gasteiger charge is -2.24. The van der Waals surface area contributed by atoms with E-state index < -0.39 is 30.0 Å². The van der Waals surface area contributed by atoms with E-state index in [1.807, 2.05) is 54.6 Å². The number of benzene rings is 2. The third kappa shape index (κ3) is 6.33. The fraction of sp³-hybridized carbons (Fsp3) is 0.292. The van der Waals surface area contributed by atoms with Gasteiger partial charge in [-0.2, -0.15) is 0 Å². The van der Waals surface area contributed by atoms with E-state index in [9.17, 15) is 19.6 Å². The minimum atomic E-state index is -1.05. The normalized spacial score (nSPS) is 12.7. The Morgan fingerprint density at radius 1 is 0.970 bits per heavy atom. The molecule has 2 aromatic carbocycles. The Morgan fingerprint density at radius 3 is 2.36 bits per heavy atom. The summed E-state index contributed by atoms with van der Waals surface area (Å²) in [5.74, 6) is -1.60. The molecule has 0 unspecified atom stereocenters. The summed E-state index contributed by atoms with van der Waals surface area (Å²) in [6.45, 7) is 3.60. The number of nitrogens with one attached hydrogen (secondary N) is 4. The SMILES string of the molecule is CC(C)[C@H](NC(=O)OCc1ccccc1)C(=O)N[C@@H](Cc1c[nH]c2ccccc12)C(=O)NO. The monoisotopic (exact) mass is 452 g/mol. The quantitative estimate of drug-likeness (QED) is 0.251. The molecule has 0 aliphatic rings. The predicted octanol–water partition coefficient (Wildman–Crippen LogP) is 2.65. The van der Waals surface area contributed by atoms with Crippen molar-refractivity contribution in [3.8, 4) is 0 Å². The number of hydrogen-bond acceptors (Lipinski definition) is 5. The van der Waals surface area contributed by atoms with Crippen molar-refractivity contribution >= 4 is 28.8 Å². The molecule has 9 nitrogen and oxygen atoms in total. The summed E-state index contributed by atoms with van der Waals surface area (Å²) in [6.07, 6.45) is 1.16. The molecule has 0 bridgehead atoms. The van der Waals surface area contributed by atoms with Gasteiger partial charge in [0.15, 0.2) is 0 Å². The summed E-state index contributed by atoms with van der Waals surface area (Å²) in [6, 6.07) is 14.7. The van der Waals surface area contributed by atoms with Gasteiger partial charge >= 0.3 is 6.09 Å². The number of para-hydroxylation sites is 1. The zero-order valence-corrected chi connectivity index (χ0v) is 18.5. The molecule has 174 valence electrons. The molecule has 0 radical (unpaired) electrons.